The minimum atomic E-state index is -2.60. The molecule has 2 heterocycles. The number of carbonyl (C=O) groups is 1. The lowest BCUT2D eigenvalue weighted by Gasteiger charge is -2.33. The van der Waals surface area contributed by atoms with E-state index in [0.29, 0.717) is 51.4 Å². The molecule has 0 unspecified atom stereocenters. The van der Waals surface area contributed by atoms with Gasteiger partial charge in [0.2, 0.25) is 11.8 Å². The number of ether oxygens (including phenoxy) is 1. The molecule has 184 valence electrons. The number of halogens is 2. The van der Waals surface area contributed by atoms with Gasteiger partial charge in [0.25, 0.3) is 0 Å². The zero-order valence-corrected chi connectivity index (χ0v) is 19.1. The van der Waals surface area contributed by atoms with Gasteiger partial charge in [-0.15, -0.1) is 0 Å². The Hall–Kier alpha value is -2.36. The number of amides is 1. The van der Waals surface area contributed by atoms with Crippen LogP contribution in [0.5, 0.6) is 0 Å². The zero-order chi connectivity index (χ0) is 23.7. The molecule has 34 heavy (non-hydrogen) atoms. The molecule has 1 aromatic heterocycles. The van der Waals surface area contributed by atoms with E-state index in [1.165, 1.54) is 0 Å². The molecular weight excluding hydrogens is 442 g/mol. The first-order valence-electron chi connectivity index (χ1n) is 12.2. The summed E-state index contributed by atoms with van der Waals surface area (Å²) in [4.78, 5) is 22.9. The average Bonchev–Trinajstić information content (AvgIpc) is 3.45. The van der Waals surface area contributed by atoms with Crippen molar-refractivity contribution in [1.29, 1.82) is 0 Å². The minimum absolute atomic E-state index is 0.0620. The van der Waals surface area contributed by atoms with Crippen LogP contribution in [0.15, 0.2) is 36.5 Å². The number of nitrogens with one attached hydrogen (secondary N) is 2. The van der Waals surface area contributed by atoms with Gasteiger partial charge in [-0.1, -0.05) is 30.3 Å². The number of hydrogen-bond donors (Lipinski definition) is 3. The lowest BCUT2D eigenvalue weighted by molar-refractivity contribution is -0.142. The highest BCUT2D eigenvalue weighted by Gasteiger charge is 2.49. The second-order valence-corrected chi connectivity index (χ2v) is 9.75. The van der Waals surface area contributed by atoms with Crippen LogP contribution in [0.3, 0.4) is 0 Å². The van der Waals surface area contributed by atoms with Crippen molar-refractivity contribution in [2.75, 3.05) is 26.3 Å². The second kappa shape index (κ2) is 9.71. The fourth-order valence-corrected chi connectivity index (χ4v) is 5.64. The first kappa shape index (κ1) is 23.4. The van der Waals surface area contributed by atoms with Gasteiger partial charge in [-0.05, 0) is 19.3 Å². The number of aliphatic hydroxyl groups is 1. The van der Waals surface area contributed by atoms with Crippen molar-refractivity contribution in [3.63, 3.8) is 0 Å². The molecule has 5 rings (SSSR count). The van der Waals surface area contributed by atoms with Crippen molar-refractivity contribution >= 4 is 5.91 Å². The Morgan fingerprint density at radius 1 is 1.18 bits per heavy atom. The minimum Gasteiger partial charge on any atom is -0.392 e. The van der Waals surface area contributed by atoms with Crippen molar-refractivity contribution in [3.05, 3.63) is 42.2 Å². The van der Waals surface area contributed by atoms with Crippen LogP contribution in [0.25, 0.3) is 11.4 Å². The van der Waals surface area contributed by atoms with E-state index < -0.39 is 17.9 Å². The highest BCUT2D eigenvalue weighted by atomic mass is 19.3. The number of morpholine rings is 1. The Morgan fingerprint density at radius 3 is 2.59 bits per heavy atom. The second-order valence-electron chi connectivity index (χ2n) is 9.75. The van der Waals surface area contributed by atoms with Gasteiger partial charge in [0.05, 0.1) is 25.2 Å². The summed E-state index contributed by atoms with van der Waals surface area (Å²) >= 11 is 0. The molecule has 1 aliphatic heterocycles. The maximum atomic E-state index is 13.7. The number of imidazole rings is 1. The van der Waals surface area contributed by atoms with Crippen LogP contribution >= 0.6 is 0 Å². The van der Waals surface area contributed by atoms with E-state index in [0.717, 1.165) is 11.3 Å². The van der Waals surface area contributed by atoms with Crippen LogP contribution in [-0.4, -0.2) is 76.3 Å². The Morgan fingerprint density at radius 2 is 1.88 bits per heavy atom. The quantitative estimate of drug-likeness (QED) is 0.620. The first-order valence-corrected chi connectivity index (χ1v) is 12.2. The van der Waals surface area contributed by atoms with E-state index in [4.69, 9.17) is 4.74 Å². The Balaban J connectivity index is 1.38. The number of carbonyl (C=O) groups excluding carboxylic acids is 1. The molecule has 2 saturated carbocycles. The fraction of sp³-hybridized carbons (Fsp3) is 0.600. The molecule has 1 amide bonds. The molecule has 2 aromatic rings. The van der Waals surface area contributed by atoms with Crippen molar-refractivity contribution < 1.29 is 23.4 Å². The summed E-state index contributed by atoms with van der Waals surface area (Å²) in [5.41, 5.74) is 1.68. The van der Waals surface area contributed by atoms with Gasteiger partial charge < -0.3 is 25.0 Å². The molecule has 3 fully saturated rings. The van der Waals surface area contributed by atoms with Crippen molar-refractivity contribution in [2.24, 2.45) is 5.92 Å². The predicted molar refractivity (Wildman–Crippen MR) is 122 cm³/mol. The van der Waals surface area contributed by atoms with E-state index in [-0.39, 0.29) is 36.8 Å². The van der Waals surface area contributed by atoms with Crippen molar-refractivity contribution in [1.82, 2.24) is 20.2 Å². The number of aromatic nitrogens is 2. The third-order valence-electron chi connectivity index (χ3n) is 7.53. The number of H-pyrrole nitrogens is 1. The highest BCUT2D eigenvalue weighted by molar-refractivity contribution is 5.80. The SMILES string of the molecule is O=C([C@H]1C[C@@H](NC2CCC(F)(F)CC2)[C@H](c2cnc(-c3ccccc3)[nH]2)[C@@H]1O)N1CCOCC1. The largest absolute Gasteiger partial charge is 0.392 e. The maximum Gasteiger partial charge on any atom is 0.248 e. The number of aliphatic hydroxyl groups excluding tert-OH is 1. The first-order chi connectivity index (χ1) is 16.4. The van der Waals surface area contributed by atoms with Crippen molar-refractivity contribution in [2.45, 2.75) is 62.1 Å². The number of hydrogen-bond acceptors (Lipinski definition) is 5. The van der Waals surface area contributed by atoms with E-state index in [2.05, 4.69) is 15.3 Å². The number of rotatable bonds is 5. The Bertz CT molecular complexity index is 970. The summed E-state index contributed by atoms with van der Waals surface area (Å²) in [5.74, 6) is -2.92. The van der Waals surface area contributed by atoms with Gasteiger partial charge >= 0.3 is 0 Å². The molecule has 7 nitrogen and oxygen atoms in total. The smallest absolute Gasteiger partial charge is 0.248 e. The molecule has 1 saturated heterocycles. The van der Waals surface area contributed by atoms with Crippen LogP contribution in [0, 0.1) is 5.92 Å². The number of nitrogens with zero attached hydrogens (tertiary/aromatic N) is 2. The molecule has 9 heteroatoms. The summed E-state index contributed by atoms with van der Waals surface area (Å²) in [6, 6.07) is 9.43. The number of aromatic amines is 1. The molecule has 1 aromatic carbocycles. The van der Waals surface area contributed by atoms with E-state index >= 15 is 0 Å². The fourth-order valence-electron chi connectivity index (χ4n) is 5.64. The molecular formula is C25H32F2N4O3. The average molecular weight is 475 g/mol. The van der Waals surface area contributed by atoms with Gasteiger partial charge in [0, 0.05) is 61.4 Å². The van der Waals surface area contributed by atoms with Crippen molar-refractivity contribution in [3.8, 4) is 11.4 Å². The summed E-state index contributed by atoms with van der Waals surface area (Å²) in [5, 5.41) is 14.9. The van der Waals surface area contributed by atoms with E-state index in [1.807, 2.05) is 30.3 Å². The van der Waals surface area contributed by atoms with Gasteiger partial charge in [-0.3, -0.25) is 4.79 Å². The van der Waals surface area contributed by atoms with Gasteiger partial charge in [-0.2, -0.15) is 0 Å². The number of benzene rings is 1. The predicted octanol–water partition coefficient (Wildman–Crippen LogP) is 2.94. The Labute approximate surface area is 197 Å². The normalized spacial score (nSPS) is 29.9. The number of alkyl halides is 2. The molecule has 4 atom stereocenters. The molecule has 0 spiro atoms. The topological polar surface area (TPSA) is 90.5 Å². The third kappa shape index (κ3) is 4.87. The van der Waals surface area contributed by atoms with E-state index in [1.54, 1.807) is 11.1 Å². The third-order valence-corrected chi connectivity index (χ3v) is 7.53. The summed E-state index contributed by atoms with van der Waals surface area (Å²) in [7, 11) is 0. The summed E-state index contributed by atoms with van der Waals surface area (Å²) < 4.78 is 32.8. The monoisotopic (exact) mass is 474 g/mol. The van der Waals surface area contributed by atoms with Crippen LogP contribution in [0.4, 0.5) is 8.78 Å². The van der Waals surface area contributed by atoms with Gasteiger partial charge in [0.15, 0.2) is 0 Å². The lowest BCUT2D eigenvalue weighted by atomic mass is 9.90. The van der Waals surface area contributed by atoms with Crippen LogP contribution < -0.4 is 5.32 Å². The molecule has 0 radical (unpaired) electrons. The summed E-state index contributed by atoms with van der Waals surface area (Å²) in [6.07, 6.45) is 1.77. The molecule has 2 aliphatic carbocycles. The Kier molecular flexibility index (Phi) is 6.68. The molecule has 3 N–H and O–H groups in total. The van der Waals surface area contributed by atoms with Crippen LogP contribution in [-0.2, 0) is 9.53 Å². The maximum absolute atomic E-state index is 13.7. The van der Waals surface area contributed by atoms with Gasteiger partial charge in [-0.25, -0.2) is 13.8 Å². The molecule has 3 aliphatic rings. The standard InChI is InChI=1S/C25H32F2N4O3/c26-25(27)8-6-17(7-9-25)29-19-14-18(24(33)31-10-12-34-13-11-31)22(32)21(19)20-15-28-23(30-20)16-4-2-1-3-5-16/h1-5,15,17-19,21-22,29,32H,6-14H2,(H,28,30)/t18-,19+,21+,22+/m0/s1. The summed E-state index contributed by atoms with van der Waals surface area (Å²) in [6.45, 7) is 2.03. The molecule has 0 bridgehead atoms. The highest BCUT2D eigenvalue weighted by Crippen LogP contribution is 2.41. The zero-order valence-electron chi connectivity index (χ0n) is 19.1. The van der Waals surface area contributed by atoms with Crippen LogP contribution in [0.1, 0.15) is 43.7 Å². The lowest BCUT2D eigenvalue weighted by Crippen LogP contribution is -2.45. The van der Waals surface area contributed by atoms with Crippen LogP contribution in [0.2, 0.25) is 0 Å². The van der Waals surface area contributed by atoms with E-state index in [9.17, 15) is 18.7 Å². The van der Waals surface area contributed by atoms with Gasteiger partial charge in [0.1, 0.15) is 5.82 Å².